The van der Waals surface area contributed by atoms with Crippen LogP contribution in [0.1, 0.15) is 31.4 Å². The maximum atomic E-state index is 15.4. The summed E-state index contributed by atoms with van der Waals surface area (Å²) in [7, 11) is 0. The number of β-amino-alcohol motifs (C(OH)–C–C–N with tert-alkyl or cyclic N) is 1. The Morgan fingerprint density at radius 1 is 1.30 bits per heavy atom. The minimum Gasteiger partial charge on any atom is -0.456 e. The standard InChI is InChI=1S/C21H24FN7O4/c1-13-15(11-33-19(13)31)28-7-5-21(20(28)32)4-6-27(10-17(21)22)9-16(30)14-2-3-18(23-8-14)29-12-24-25-26-29/h2-3,8,12,16-17,30H,4-7,9-11H2,1H3. The van der Waals surface area contributed by atoms with Crippen LogP contribution in [0.3, 0.4) is 0 Å². The van der Waals surface area contributed by atoms with Crippen molar-refractivity contribution in [2.75, 3.05) is 32.8 Å². The first-order chi connectivity index (χ1) is 15.9. The molecule has 3 aliphatic heterocycles. The Morgan fingerprint density at radius 3 is 2.76 bits per heavy atom. The molecule has 174 valence electrons. The van der Waals surface area contributed by atoms with Gasteiger partial charge in [-0.05, 0) is 42.8 Å². The molecule has 3 aliphatic rings. The Balaban J connectivity index is 1.22. The van der Waals surface area contributed by atoms with Crippen molar-refractivity contribution in [1.82, 2.24) is 35.0 Å². The fourth-order valence-corrected chi connectivity index (χ4v) is 4.84. The summed E-state index contributed by atoms with van der Waals surface area (Å²) in [4.78, 5) is 32.5. The first kappa shape index (κ1) is 21.6. The number of likely N-dealkylation sites (tertiary alicyclic amines) is 2. The van der Waals surface area contributed by atoms with E-state index in [0.717, 1.165) is 0 Å². The molecule has 0 saturated carbocycles. The number of esters is 1. The van der Waals surface area contributed by atoms with Crippen molar-refractivity contribution in [3.8, 4) is 5.82 Å². The van der Waals surface area contributed by atoms with Gasteiger partial charge in [0.05, 0.1) is 22.8 Å². The predicted molar refractivity (Wildman–Crippen MR) is 110 cm³/mol. The maximum absolute atomic E-state index is 15.4. The number of aliphatic hydroxyl groups excluding tert-OH is 1. The second kappa shape index (κ2) is 8.27. The highest BCUT2D eigenvalue weighted by Gasteiger charge is 2.56. The first-order valence-electron chi connectivity index (χ1n) is 10.8. The number of hydrogen-bond donors (Lipinski definition) is 1. The largest absolute Gasteiger partial charge is 0.456 e. The van der Waals surface area contributed by atoms with Gasteiger partial charge in [-0.2, -0.15) is 4.68 Å². The van der Waals surface area contributed by atoms with Gasteiger partial charge in [-0.25, -0.2) is 14.2 Å². The topological polar surface area (TPSA) is 127 Å². The van der Waals surface area contributed by atoms with E-state index in [1.165, 1.54) is 15.9 Å². The van der Waals surface area contributed by atoms with Crippen LogP contribution in [0.2, 0.25) is 0 Å². The van der Waals surface area contributed by atoms with Gasteiger partial charge in [-0.1, -0.05) is 6.07 Å². The molecule has 1 N–H and O–H groups in total. The zero-order valence-electron chi connectivity index (χ0n) is 18.1. The highest BCUT2D eigenvalue weighted by atomic mass is 19.1. The minimum absolute atomic E-state index is 0.0558. The Labute approximate surface area is 188 Å². The molecule has 0 radical (unpaired) electrons. The van der Waals surface area contributed by atoms with Crippen LogP contribution in [-0.2, 0) is 14.3 Å². The van der Waals surface area contributed by atoms with Gasteiger partial charge in [0.1, 0.15) is 19.1 Å². The average Bonchev–Trinajstić information content (AvgIpc) is 3.54. The van der Waals surface area contributed by atoms with Gasteiger partial charge >= 0.3 is 5.97 Å². The smallest absolute Gasteiger partial charge is 0.336 e. The third-order valence-electron chi connectivity index (χ3n) is 6.92. The molecule has 0 bridgehead atoms. The van der Waals surface area contributed by atoms with Gasteiger partial charge in [0, 0.05) is 31.4 Å². The van der Waals surface area contributed by atoms with Gasteiger partial charge in [0.2, 0.25) is 5.91 Å². The third-order valence-corrected chi connectivity index (χ3v) is 6.92. The summed E-state index contributed by atoms with van der Waals surface area (Å²) in [5.74, 6) is -0.186. The van der Waals surface area contributed by atoms with Crippen molar-refractivity contribution >= 4 is 11.9 Å². The van der Waals surface area contributed by atoms with E-state index in [-0.39, 0.29) is 25.6 Å². The van der Waals surface area contributed by atoms with Crippen LogP contribution in [0.4, 0.5) is 4.39 Å². The Kier molecular flexibility index (Phi) is 5.41. The van der Waals surface area contributed by atoms with E-state index in [1.54, 1.807) is 25.3 Å². The number of carbonyl (C=O) groups is 2. The van der Waals surface area contributed by atoms with Crippen LogP contribution in [0.5, 0.6) is 0 Å². The molecule has 1 spiro atoms. The van der Waals surface area contributed by atoms with Crippen molar-refractivity contribution in [1.29, 1.82) is 0 Å². The van der Waals surface area contributed by atoms with Crippen molar-refractivity contribution in [2.24, 2.45) is 5.41 Å². The highest BCUT2D eigenvalue weighted by molar-refractivity contribution is 5.94. The molecule has 11 nitrogen and oxygen atoms in total. The molecule has 12 heteroatoms. The maximum Gasteiger partial charge on any atom is 0.336 e. The van der Waals surface area contributed by atoms with E-state index in [1.807, 2.05) is 4.90 Å². The number of hydrogen-bond acceptors (Lipinski definition) is 9. The Bertz CT molecular complexity index is 1090. The van der Waals surface area contributed by atoms with Crippen LogP contribution < -0.4 is 0 Å². The molecule has 2 saturated heterocycles. The second-order valence-electron chi connectivity index (χ2n) is 8.71. The highest BCUT2D eigenvalue weighted by Crippen LogP contribution is 2.45. The van der Waals surface area contributed by atoms with Crippen LogP contribution in [-0.4, -0.2) is 90.9 Å². The molecule has 2 fully saturated rings. The number of carbonyl (C=O) groups excluding carboxylic acids is 2. The predicted octanol–water partition coefficient (Wildman–Crippen LogP) is 0.184. The molecule has 2 aromatic rings. The van der Waals surface area contributed by atoms with E-state index >= 15 is 4.39 Å². The molecule has 3 unspecified atom stereocenters. The summed E-state index contributed by atoms with van der Waals surface area (Å²) < 4.78 is 21.8. The number of aliphatic hydroxyl groups is 1. The normalized spacial score (nSPS) is 27.0. The minimum atomic E-state index is -1.37. The number of tetrazole rings is 1. The number of piperidine rings is 1. The quantitative estimate of drug-likeness (QED) is 0.626. The number of cyclic esters (lactones) is 1. The molecule has 3 atom stereocenters. The second-order valence-corrected chi connectivity index (χ2v) is 8.71. The lowest BCUT2D eigenvalue weighted by Gasteiger charge is -2.41. The van der Waals surface area contributed by atoms with Gasteiger partial charge in [-0.3, -0.25) is 9.69 Å². The van der Waals surface area contributed by atoms with E-state index in [9.17, 15) is 14.7 Å². The molecule has 5 rings (SSSR count). The molecule has 1 amide bonds. The first-order valence-corrected chi connectivity index (χ1v) is 10.8. The number of amides is 1. The van der Waals surface area contributed by atoms with Crippen molar-refractivity contribution in [3.05, 3.63) is 41.5 Å². The number of pyridine rings is 1. The van der Waals surface area contributed by atoms with Crippen LogP contribution in [0.25, 0.3) is 5.82 Å². The summed E-state index contributed by atoms with van der Waals surface area (Å²) in [5, 5.41) is 21.5. The van der Waals surface area contributed by atoms with E-state index < -0.39 is 23.7 Å². The number of halogens is 1. The summed E-state index contributed by atoms with van der Waals surface area (Å²) >= 11 is 0. The molecular weight excluding hydrogens is 433 g/mol. The summed E-state index contributed by atoms with van der Waals surface area (Å²) in [6, 6.07) is 3.42. The van der Waals surface area contributed by atoms with Crippen molar-refractivity contribution in [3.63, 3.8) is 0 Å². The van der Waals surface area contributed by atoms with Gasteiger partial charge in [0.15, 0.2) is 5.82 Å². The average molecular weight is 457 g/mol. The van der Waals surface area contributed by atoms with Gasteiger partial charge in [0.25, 0.3) is 0 Å². The van der Waals surface area contributed by atoms with Gasteiger partial charge in [-0.15, -0.1) is 5.10 Å². The number of nitrogens with zero attached hydrogens (tertiary/aromatic N) is 7. The number of aromatic nitrogens is 5. The SMILES string of the molecule is CC1=C(N2CCC3(CCN(CC(O)c4ccc(-n5cnnn5)nc4)CC3F)C2=O)COC1=O. The lowest BCUT2D eigenvalue weighted by atomic mass is 9.75. The van der Waals surface area contributed by atoms with Crippen LogP contribution in [0.15, 0.2) is 35.9 Å². The van der Waals surface area contributed by atoms with E-state index in [0.29, 0.717) is 48.6 Å². The summed E-state index contributed by atoms with van der Waals surface area (Å²) in [5.41, 5.74) is 0.467. The number of rotatable bonds is 5. The van der Waals surface area contributed by atoms with Crippen LogP contribution in [0, 0.1) is 5.41 Å². The molecule has 33 heavy (non-hydrogen) atoms. The van der Waals surface area contributed by atoms with E-state index in [2.05, 4.69) is 20.5 Å². The summed E-state index contributed by atoms with van der Waals surface area (Å²) in [6.07, 6.45) is 1.50. The fourth-order valence-electron chi connectivity index (χ4n) is 4.84. The van der Waals surface area contributed by atoms with Crippen LogP contribution >= 0.6 is 0 Å². The van der Waals surface area contributed by atoms with Crippen molar-refractivity contribution < 1.29 is 23.8 Å². The lowest BCUT2D eigenvalue weighted by Crippen LogP contribution is -2.53. The Morgan fingerprint density at radius 2 is 2.12 bits per heavy atom. The molecule has 0 aliphatic carbocycles. The zero-order valence-corrected chi connectivity index (χ0v) is 18.1. The molecule has 0 aromatic carbocycles. The van der Waals surface area contributed by atoms with Gasteiger partial charge < -0.3 is 14.7 Å². The summed E-state index contributed by atoms with van der Waals surface area (Å²) in [6.45, 7) is 2.84. The fraction of sp³-hybridized carbons (Fsp3) is 0.524. The third kappa shape index (κ3) is 3.68. The lowest BCUT2D eigenvalue weighted by molar-refractivity contribution is -0.142. The van der Waals surface area contributed by atoms with Crippen molar-refractivity contribution in [2.45, 2.75) is 32.0 Å². The zero-order chi connectivity index (χ0) is 23.2. The number of alkyl halides is 1. The van der Waals surface area contributed by atoms with E-state index in [4.69, 9.17) is 4.74 Å². The Hall–Kier alpha value is -3.25. The monoisotopic (exact) mass is 457 g/mol. The molecular formula is C21H24FN7O4. The molecule has 5 heterocycles. The molecule has 2 aromatic heterocycles. The number of ether oxygens (including phenoxy) is 1.